The second kappa shape index (κ2) is 45.6. The van der Waals surface area contributed by atoms with Gasteiger partial charge in [0.15, 0.2) is 69.0 Å². The van der Waals surface area contributed by atoms with Crippen molar-refractivity contribution >= 4 is 0 Å². The van der Waals surface area contributed by atoms with Gasteiger partial charge in [-0.1, -0.05) is 0 Å². The van der Waals surface area contributed by atoms with Crippen molar-refractivity contribution < 1.29 is 105 Å². The van der Waals surface area contributed by atoms with Crippen LogP contribution in [0.2, 0.25) is 0 Å². The zero-order valence-corrected chi connectivity index (χ0v) is 56.4. The van der Waals surface area contributed by atoms with E-state index >= 15 is 0 Å². The molecule has 25 heteroatoms. The van der Waals surface area contributed by atoms with Crippen molar-refractivity contribution in [1.82, 2.24) is 0 Å². The molecule has 487 valence electrons. The minimum Gasteiger partial charge on any atom is -0.493 e. The van der Waals surface area contributed by atoms with Gasteiger partial charge >= 0.3 is 0 Å². The molecule has 6 aromatic rings. The van der Waals surface area contributed by atoms with Gasteiger partial charge in [-0.15, -0.1) is 0 Å². The van der Waals surface area contributed by atoms with E-state index in [1.54, 1.807) is 201 Å². The predicted molar refractivity (Wildman–Crippen MR) is 338 cm³/mol. The van der Waals surface area contributed by atoms with Gasteiger partial charge in [-0.25, -0.2) is 39.4 Å². The molecule has 0 heterocycles. The zero-order valence-electron chi connectivity index (χ0n) is 54.6. The molecule has 91 heavy (non-hydrogen) atoms. The van der Waals surface area contributed by atoms with E-state index in [1.165, 1.54) is 0 Å². The van der Waals surface area contributed by atoms with E-state index in [4.69, 9.17) is 125 Å². The number of hydrogen-bond acceptors (Lipinski definition) is 18. The first-order valence-corrected chi connectivity index (χ1v) is 26.3. The van der Waals surface area contributed by atoms with Crippen molar-refractivity contribution in [3.05, 3.63) is 175 Å². The Morgan fingerprint density at radius 3 is 0.330 bits per heavy atom. The number of hydrogen-bond donors (Lipinski definition) is 0. The Morgan fingerprint density at radius 2 is 0.275 bits per heavy atom. The summed E-state index contributed by atoms with van der Waals surface area (Å²) in [5.74, 6) is 10.2. The average molecular weight is 1340 g/mol. The fourth-order valence-corrected chi connectivity index (χ4v) is 7.91. The van der Waals surface area contributed by atoms with Crippen molar-refractivity contribution in [2.24, 2.45) is 0 Å². The summed E-state index contributed by atoms with van der Waals surface area (Å²) < 4.78 is 92.9. The van der Waals surface area contributed by atoms with Gasteiger partial charge in [0.25, 0.3) is 0 Å². The minimum atomic E-state index is 0. The summed E-state index contributed by atoms with van der Waals surface area (Å²) in [6.07, 6.45) is 0. The van der Waals surface area contributed by atoms with Gasteiger partial charge in [-0.3, -0.25) is 0 Å². The Balaban J connectivity index is 0.00000107. The molecule has 1 radical (unpaired) electrons. The molecule has 0 atom stereocenters. The first-order valence-electron chi connectivity index (χ1n) is 26.3. The molecule has 0 unspecified atom stereocenters. The Morgan fingerprint density at radius 1 is 0.187 bits per heavy atom. The van der Waals surface area contributed by atoms with E-state index in [0.717, 1.165) is 33.4 Å². The van der Waals surface area contributed by atoms with Crippen molar-refractivity contribution in [3.63, 3.8) is 0 Å². The molecule has 0 aliphatic rings. The van der Waals surface area contributed by atoms with Crippen LogP contribution in [0.25, 0.3) is 29.1 Å². The normalized spacial score (nSPS) is 9.10. The number of methoxy groups -OCH3 is 18. The first kappa shape index (κ1) is 80.3. The minimum absolute atomic E-state index is 0. The third kappa shape index (κ3) is 24.4. The standard InChI is InChI=1S/6C11H13NO3.Tc/c6*1-12-7-8-5-9(13-2)11(15-4)10(6-8)14-3;/h6*5-6H,7H2,2-4H3;/i;;;;;;1+1. The molecule has 24 nitrogen and oxygen atoms in total. The van der Waals surface area contributed by atoms with Crippen molar-refractivity contribution in [2.45, 2.75) is 39.3 Å². The van der Waals surface area contributed by atoms with Crippen LogP contribution in [-0.4, -0.2) is 128 Å². The Kier molecular flexibility index (Phi) is 40.2. The fraction of sp³-hybridized carbons (Fsp3) is 0.364. The van der Waals surface area contributed by atoms with Crippen molar-refractivity contribution in [3.8, 4) is 103 Å². The number of ether oxygens (including phenoxy) is 18. The van der Waals surface area contributed by atoms with Gasteiger partial charge in [0.1, 0.15) is 0 Å². The predicted octanol–water partition coefficient (Wildman–Crippen LogP) is 12.8. The summed E-state index contributed by atoms with van der Waals surface area (Å²) in [7, 11) is 28.0. The smallest absolute Gasteiger partial charge is 0.240 e. The quantitative estimate of drug-likeness (QED) is 0.0519. The molecule has 0 N–H and O–H groups in total. The topological polar surface area (TPSA) is 192 Å². The number of rotatable bonds is 24. The molecule has 0 spiro atoms. The van der Waals surface area contributed by atoms with E-state index < -0.39 is 0 Å². The Labute approximate surface area is 548 Å². The molecule has 0 aliphatic carbocycles. The van der Waals surface area contributed by atoms with Crippen molar-refractivity contribution in [2.75, 3.05) is 128 Å². The van der Waals surface area contributed by atoms with Gasteiger partial charge < -0.3 is 114 Å². The molecule has 6 aromatic carbocycles. The van der Waals surface area contributed by atoms with Crippen LogP contribution in [0.15, 0.2) is 72.8 Å². The maximum absolute atomic E-state index is 6.81. The Hall–Kier alpha value is -10.7. The van der Waals surface area contributed by atoms with Gasteiger partial charge in [0, 0.05) is 53.5 Å². The first-order chi connectivity index (χ1) is 43.6. The molecule has 6 rings (SSSR count). The zero-order chi connectivity index (χ0) is 67.6. The SMILES string of the molecule is [99Tc].[C-]#[N+]Cc1cc(OC)c(OC)c(OC)c1.[C-]#[N+]Cc1cc(OC)c(OC)c(OC)c1.[C-]#[N+]Cc1cc(OC)c(OC)c(OC)c1.[C-]#[N+]Cc1cc(OC)c(OC)c(OC)c1.[C-]#[N+]Cc1cc(OC)c(OC)c(OC)c1.[C-]#[N+]Cc1cc(OC)c(OC)c(OC)c1. The molecular weight excluding hydrogens is 1260 g/mol. The summed E-state index contributed by atoms with van der Waals surface area (Å²) in [6, 6.07) is 21.3. The maximum Gasteiger partial charge on any atom is 0.240 e. The summed E-state index contributed by atoms with van der Waals surface area (Å²) in [5, 5.41) is 0. The molecule has 0 aliphatic heterocycles. The van der Waals surface area contributed by atoms with Gasteiger partial charge in [0.05, 0.1) is 128 Å². The summed E-state index contributed by atoms with van der Waals surface area (Å²) in [6.45, 7) is 42.6. The van der Waals surface area contributed by atoms with Gasteiger partial charge in [0.2, 0.25) is 73.8 Å². The third-order valence-corrected chi connectivity index (χ3v) is 11.9. The molecular formula is C66H78N6O18Tc. The van der Waals surface area contributed by atoms with E-state index in [2.05, 4.69) is 29.1 Å². The van der Waals surface area contributed by atoms with Crippen LogP contribution in [0.4, 0.5) is 0 Å². The van der Waals surface area contributed by atoms with Crippen LogP contribution in [0, 0.1) is 39.4 Å². The van der Waals surface area contributed by atoms with Crippen LogP contribution in [-0.2, 0) is 59.4 Å². The summed E-state index contributed by atoms with van der Waals surface area (Å²) in [4.78, 5) is 19.9. The fourth-order valence-electron chi connectivity index (χ4n) is 7.91. The van der Waals surface area contributed by atoms with Gasteiger partial charge in [-0.2, -0.15) is 0 Å². The molecule has 0 aromatic heterocycles. The second-order valence-corrected chi connectivity index (χ2v) is 17.1. The van der Waals surface area contributed by atoms with Crippen LogP contribution < -0.4 is 85.3 Å². The summed E-state index contributed by atoms with van der Waals surface area (Å²) in [5.41, 5.74) is 5.08. The summed E-state index contributed by atoms with van der Waals surface area (Å²) >= 11 is 0. The second-order valence-electron chi connectivity index (χ2n) is 17.1. The number of nitrogens with zero attached hydrogens (tertiary/aromatic N) is 6. The molecule has 0 bridgehead atoms. The van der Waals surface area contributed by atoms with E-state index in [0.29, 0.717) is 143 Å². The van der Waals surface area contributed by atoms with Gasteiger partial charge in [-0.05, 0) is 72.8 Å². The Bertz CT molecular complexity index is 2730. The van der Waals surface area contributed by atoms with Crippen LogP contribution >= 0.6 is 0 Å². The molecule has 0 saturated heterocycles. The van der Waals surface area contributed by atoms with Crippen LogP contribution in [0.1, 0.15) is 33.4 Å². The third-order valence-electron chi connectivity index (χ3n) is 11.9. The van der Waals surface area contributed by atoms with Crippen LogP contribution in [0.5, 0.6) is 103 Å². The monoisotopic (exact) mass is 1340 g/mol. The van der Waals surface area contributed by atoms with Crippen LogP contribution in [0.3, 0.4) is 0 Å². The van der Waals surface area contributed by atoms with E-state index in [9.17, 15) is 0 Å². The largest absolute Gasteiger partial charge is 0.493 e. The van der Waals surface area contributed by atoms with E-state index in [1.807, 2.05) is 0 Å². The molecule has 0 saturated carbocycles. The molecule has 0 fully saturated rings. The number of benzene rings is 6. The average Bonchev–Trinajstić information content (AvgIpc) is 2.94. The van der Waals surface area contributed by atoms with E-state index in [-0.39, 0.29) is 20.1 Å². The van der Waals surface area contributed by atoms with Crippen molar-refractivity contribution in [1.29, 1.82) is 0 Å². The molecule has 0 amide bonds. The maximum atomic E-state index is 6.81.